The van der Waals surface area contributed by atoms with Crippen LogP contribution >= 0.6 is 23.1 Å². The third-order valence-electron chi connectivity index (χ3n) is 1.88. The van der Waals surface area contributed by atoms with E-state index in [9.17, 15) is 0 Å². The highest BCUT2D eigenvalue weighted by molar-refractivity contribution is 7.97. The molecule has 2 N–H and O–H groups in total. The Kier molecular flexibility index (Phi) is 4.58. The van der Waals surface area contributed by atoms with E-state index in [1.807, 2.05) is 13.8 Å². The first-order valence-electron chi connectivity index (χ1n) is 4.75. The van der Waals surface area contributed by atoms with Gasteiger partial charge in [0.1, 0.15) is 5.01 Å². The normalized spacial score (nSPS) is 12.1. The molecule has 15 heavy (non-hydrogen) atoms. The number of hydrogen-bond donors (Lipinski definition) is 1. The smallest absolute Gasteiger partial charge is 0.103 e. The van der Waals surface area contributed by atoms with Crippen molar-refractivity contribution < 1.29 is 4.74 Å². The van der Waals surface area contributed by atoms with Crippen LogP contribution in [-0.4, -0.2) is 18.3 Å². The van der Waals surface area contributed by atoms with Gasteiger partial charge in [0.25, 0.3) is 0 Å². The van der Waals surface area contributed by atoms with E-state index >= 15 is 0 Å². The topological polar surface area (TPSA) is 48.1 Å². The number of rotatable bonds is 5. The number of aromatic nitrogens is 1. The van der Waals surface area contributed by atoms with Crippen LogP contribution < -0.4 is 5.73 Å². The Morgan fingerprint density at radius 1 is 1.53 bits per heavy atom. The number of nitrogens with zero attached hydrogens (tertiary/aromatic N) is 1. The third-order valence-corrected chi connectivity index (χ3v) is 4.06. The second kappa shape index (κ2) is 5.30. The summed E-state index contributed by atoms with van der Waals surface area (Å²) >= 11 is 3.47. The molecule has 0 spiro atoms. The quantitative estimate of drug-likeness (QED) is 0.866. The number of nitrogens with two attached hydrogens (primary N) is 1. The average Bonchev–Trinajstić information content (AvgIpc) is 2.49. The molecule has 0 saturated heterocycles. The van der Waals surface area contributed by atoms with Gasteiger partial charge < -0.3 is 10.5 Å². The molecule has 0 unspecified atom stereocenters. The Morgan fingerprint density at radius 2 is 2.20 bits per heavy atom. The van der Waals surface area contributed by atoms with Crippen molar-refractivity contribution >= 4 is 23.1 Å². The Labute approximate surface area is 99.4 Å². The number of thioether (sulfide) groups is 1. The second-order valence-corrected chi connectivity index (χ2v) is 5.92. The lowest BCUT2D eigenvalue weighted by atomic mass is 10.0. The molecule has 1 aromatic rings. The Balaban J connectivity index is 3.00. The fraction of sp³-hybridized carbons (Fsp3) is 0.700. The van der Waals surface area contributed by atoms with Gasteiger partial charge in [-0.25, -0.2) is 4.98 Å². The van der Waals surface area contributed by atoms with Crippen LogP contribution in [0.2, 0.25) is 0 Å². The van der Waals surface area contributed by atoms with Crippen LogP contribution in [0.4, 0.5) is 0 Å². The second-order valence-electron chi connectivity index (χ2n) is 3.97. The van der Waals surface area contributed by atoms with Gasteiger partial charge in [0, 0.05) is 23.3 Å². The van der Waals surface area contributed by atoms with E-state index in [1.165, 1.54) is 0 Å². The zero-order valence-corrected chi connectivity index (χ0v) is 11.3. The van der Waals surface area contributed by atoms with Crippen molar-refractivity contribution in [3.63, 3.8) is 0 Å². The third kappa shape index (κ3) is 3.45. The van der Waals surface area contributed by atoms with E-state index < -0.39 is 0 Å². The molecule has 5 heteroatoms. The van der Waals surface area contributed by atoms with Gasteiger partial charge in [-0.3, -0.25) is 0 Å². The molecule has 3 nitrogen and oxygen atoms in total. The summed E-state index contributed by atoms with van der Waals surface area (Å²) in [6.07, 6.45) is 2.07. The maximum Gasteiger partial charge on any atom is 0.103 e. The summed E-state index contributed by atoms with van der Waals surface area (Å²) in [4.78, 5) is 5.68. The van der Waals surface area contributed by atoms with Crippen molar-refractivity contribution in [2.75, 3.05) is 13.4 Å². The molecule has 0 fully saturated rings. The Hall–Kier alpha value is -0.100. The van der Waals surface area contributed by atoms with E-state index in [4.69, 9.17) is 10.5 Å². The molecule has 0 atom stereocenters. The highest BCUT2D eigenvalue weighted by Gasteiger charge is 2.23. The maximum atomic E-state index is 6.11. The predicted molar refractivity (Wildman–Crippen MR) is 67.3 cm³/mol. The molecule has 1 aromatic heterocycles. The Morgan fingerprint density at radius 3 is 2.67 bits per heavy atom. The summed E-state index contributed by atoms with van der Waals surface area (Å²) in [5.41, 5.74) is 6.76. The van der Waals surface area contributed by atoms with Crippen LogP contribution in [0.5, 0.6) is 0 Å². The van der Waals surface area contributed by atoms with Crippen LogP contribution in [0.1, 0.15) is 29.4 Å². The predicted octanol–water partition coefficient (Wildman–Crippen LogP) is 2.35. The molecule has 0 bridgehead atoms. The first kappa shape index (κ1) is 13.0. The minimum Gasteiger partial charge on any atom is -0.378 e. The zero-order chi connectivity index (χ0) is 11.5. The fourth-order valence-corrected chi connectivity index (χ4v) is 3.10. The summed E-state index contributed by atoms with van der Waals surface area (Å²) in [6.45, 7) is 4.55. The van der Waals surface area contributed by atoms with Crippen LogP contribution in [0.25, 0.3) is 0 Å². The molecule has 0 aliphatic heterocycles. The van der Waals surface area contributed by atoms with Gasteiger partial charge in [-0.05, 0) is 20.1 Å². The number of thiazole rings is 1. The molecule has 1 rings (SSSR count). The van der Waals surface area contributed by atoms with E-state index in [0.29, 0.717) is 6.61 Å². The summed E-state index contributed by atoms with van der Waals surface area (Å²) < 4.78 is 5.14. The number of methoxy groups -OCH3 is 1. The van der Waals surface area contributed by atoms with Crippen molar-refractivity contribution in [1.82, 2.24) is 4.98 Å². The summed E-state index contributed by atoms with van der Waals surface area (Å²) in [7, 11) is 1.68. The molecule has 1 heterocycles. The first-order valence-corrected chi connectivity index (χ1v) is 6.96. The van der Waals surface area contributed by atoms with Gasteiger partial charge in [-0.1, -0.05) is 0 Å². The lowest BCUT2D eigenvalue weighted by molar-refractivity contribution is 0.180. The monoisotopic (exact) mass is 246 g/mol. The molecule has 0 aromatic carbocycles. The zero-order valence-electron chi connectivity index (χ0n) is 9.66. The van der Waals surface area contributed by atoms with Crippen molar-refractivity contribution in [3.8, 4) is 0 Å². The van der Waals surface area contributed by atoms with Crippen molar-refractivity contribution in [2.45, 2.75) is 31.7 Å². The van der Waals surface area contributed by atoms with Gasteiger partial charge in [0.15, 0.2) is 0 Å². The largest absolute Gasteiger partial charge is 0.378 e. The maximum absolute atomic E-state index is 6.11. The van der Waals surface area contributed by atoms with Crippen LogP contribution in [-0.2, 0) is 22.6 Å². The van der Waals surface area contributed by atoms with Crippen molar-refractivity contribution in [3.05, 3.63) is 15.6 Å². The lowest BCUT2D eigenvalue weighted by Gasteiger charge is -2.17. The van der Waals surface area contributed by atoms with Gasteiger partial charge in [0.05, 0.1) is 12.3 Å². The molecule has 0 saturated carbocycles. The van der Waals surface area contributed by atoms with E-state index in [2.05, 4.69) is 11.2 Å². The molecule has 86 valence electrons. The van der Waals surface area contributed by atoms with E-state index in [-0.39, 0.29) is 5.54 Å². The summed E-state index contributed by atoms with van der Waals surface area (Å²) in [6, 6.07) is 0. The van der Waals surface area contributed by atoms with E-state index in [1.54, 1.807) is 30.2 Å². The van der Waals surface area contributed by atoms with Gasteiger partial charge in [-0.2, -0.15) is 11.8 Å². The van der Waals surface area contributed by atoms with Crippen molar-refractivity contribution in [2.24, 2.45) is 5.73 Å². The highest BCUT2D eigenvalue weighted by atomic mass is 32.2. The molecule has 0 aliphatic rings. The Bertz CT molecular complexity index is 318. The molecular weight excluding hydrogens is 228 g/mol. The van der Waals surface area contributed by atoms with Gasteiger partial charge in [-0.15, -0.1) is 11.3 Å². The number of ether oxygens (including phenoxy) is 1. The first-order chi connectivity index (χ1) is 6.99. The SMILES string of the molecule is COCc1nc(CSC)sc1C(C)(C)N. The van der Waals surface area contributed by atoms with Crippen LogP contribution in [0.15, 0.2) is 0 Å². The molecule has 0 amide bonds. The highest BCUT2D eigenvalue weighted by Crippen LogP contribution is 2.30. The van der Waals surface area contributed by atoms with Gasteiger partial charge >= 0.3 is 0 Å². The fourth-order valence-electron chi connectivity index (χ4n) is 1.32. The lowest BCUT2D eigenvalue weighted by Crippen LogP contribution is -2.28. The van der Waals surface area contributed by atoms with Crippen LogP contribution in [0.3, 0.4) is 0 Å². The minimum absolute atomic E-state index is 0.331. The summed E-state index contributed by atoms with van der Waals surface area (Å²) in [5, 5.41) is 1.13. The standard InChI is InChI=1S/C10H18N2OS2/c1-10(2,11)9-7(5-13-3)12-8(15-9)6-14-4/h5-6,11H2,1-4H3. The minimum atomic E-state index is -0.331. The van der Waals surface area contributed by atoms with E-state index in [0.717, 1.165) is 21.3 Å². The van der Waals surface area contributed by atoms with Crippen molar-refractivity contribution in [1.29, 1.82) is 0 Å². The van der Waals surface area contributed by atoms with Crippen LogP contribution in [0, 0.1) is 0 Å². The van der Waals surface area contributed by atoms with Gasteiger partial charge in [0.2, 0.25) is 0 Å². The molecule has 0 radical (unpaired) electrons. The molecule has 0 aliphatic carbocycles. The average molecular weight is 246 g/mol. The molecular formula is C10H18N2OS2. The number of hydrogen-bond acceptors (Lipinski definition) is 5. The summed E-state index contributed by atoms with van der Waals surface area (Å²) in [5.74, 6) is 0.942.